The summed E-state index contributed by atoms with van der Waals surface area (Å²) in [4.78, 5) is 21.1. The summed E-state index contributed by atoms with van der Waals surface area (Å²) in [5, 5.41) is 17.4. The van der Waals surface area contributed by atoms with Gasteiger partial charge < -0.3 is 14.8 Å². The smallest absolute Gasteiger partial charge is 0.335 e. The van der Waals surface area contributed by atoms with Crippen LogP contribution in [0.4, 0.5) is 14.6 Å². The van der Waals surface area contributed by atoms with Gasteiger partial charge in [-0.25, -0.2) is 18.7 Å². The molecule has 3 heterocycles. The molecule has 188 valence electrons. The number of anilines is 1. The predicted octanol–water partition coefficient (Wildman–Crippen LogP) is 1.27. The van der Waals surface area contributed by atoms with E-state index in [0.29, 0.717) is 0 Å². The molecule has 0 saturated heterocycles. The molecule has 1 aliphatic carbocycles. The Morgan fingerprint density at radius 2 is 2.14 bits per heavy atom. The van der Waals surface area contributed by atoms with Gasteiger partial charge >= 0.3 is 10.3 Å². The average Bonchev–Trinajstić information content (AvgIpc) is 3.55. The summed E-state index contributed by atoms with van der Waals surface area (Å²) in [5.74, 6) is -0.511. The summed E-state index contributed by atoms with van der Waals surface area (Å²) in [6.45, 7) is 0.0489. The zero-order valence-electron chi connectivity index (χ0n) is 18.3. The lowest BCUT2D eigenvalue weighted by Crippen LogP contribution is -2.31. The van der Waals surface area contributed by atoms with Gasteiger partial charge in [-0.1, -0.05) is 0 Å². The van der Waals surface area contributed by atoms with Gasteiger partial charge in [-0.2, -0.15) is 18.2 Å². The third-order valence-electron chi connectivity index (χ3n) is 5.36. The zero-order valence-corrected chi connectivity index (χ0v) is 19.2. The van der Waals surface area contributed by atoms with Crippen LogP contribution in [0.2, 0.25) is 0 Å². The number of aliphatic hydroxyl groups excluding tert-OH is 1. The first-order valence-electron chi connectivity index (χ1n) is 10.5. The Morgan fingerprint density at radius 3 is 2.86 bits per heavy atom. The second kappa shape index (κ2) is 10.2. The third kappa shape index (κ3) is 5.87. The Labute approximate surface area is 198 Å². The number of hydrogen-bond donors (Lipinski definition) is 3. The molecule has 0 spiro atoms. The van der Waals surface area contributed by atoms with E-state index in [2.05, 4.69) is 20.4 Å². The van der Waals surface area contributed by atoms with Crippen LogP contribution >= 0.6 is 0 Å². The lowest BCUT2D eigenvalue weighted by Gasteiger charge is -2.15. The highest BCUT2D eigenvalue weighted by Gasteiger charge is 2.37. The molecule has 4 rings (SSSR count). The number of aliphatic hydroxyl groups is 1. The first-order valence-corrected chi connectivity index (χ1v) is 11.9. The third-order valence-corrected chi connectivity index (χ3v) is 6.36. The molecule has 3 N–H and O–H groups in total. The second-order valence-electron chi connectivity index (χ2n) is 7.79. The molecule has 0 bridgehead atoms. The van der Waals surface area contributed by atoms with Crippen molar-refractivity contribution >= 4 is 21.9 Å². The molecule has 3 aromatic heterocycles. The van der Waals surface area contributed by atoms with Crippen molar-refractivity contribution in [2.45, 2.75) is 44.1 Å². The summed E-state index contributed by atoms with van der Waals surface area (Å²) in [6.07, 6.45) is -0.362. The normalized spacial score (nSPS) is 20.4. The number of rotatable bonds is 10. The highest BCUT2D eigenvalue weighted by molar-refractivity contribution is 7.84. The van der Waals surface area contributed by atoms with E-state index in [4.69, 9.17) is 8.60 Å². The van der Waals surface area contributed by atoms with Crippen molar-refractivity contribution in [3.63, 3.8) is 0 Å². The maximum absolute atomic E-state index is 13.1. The van der Waals surface area contributed by atoms with Crippen LogP contribution in [-0.4, -0.2) is 64.4 Å². The van der Waals surface area contributed by atoms with Crippen LogP contribution in [0.3, 0.4) is 0 Å². The number of halogens is 2. The van der Waals surface area contributed by atoms with E-state index in [0.717, 1.165) is 0 Å². The molecule has 3 aromatic rings. The van der Waals surface area contributed by atoms with Crippen molar-refractivity contribution in [2.24, 2.45) is 0 Å². The molecule has 12 nitrogen and oxygen atoms in total. The van der Waals surface area contributed by atoms with Crippen LogP contribution in [0.1, 0.15) is 46.8 Å². The Bertz CT molecular complexity index is 1300. The molecule has 0 aromatic carbocycles. The molecule has 1 saturated carbocycles. The average molecular weight is 512 g/mol. The Kier molecular flexibility index (Phi) is 7.20. The minimum absolute atomic E-state index is 0.0489. The van der Waals surface area contributed by atoms with Gasteiger partial charge in [0.1, 0.15) is 29.7 Å². The summed E-state index contributed by atoms with van der Waals surface area (Å²) >= 11 is 0. The maximum atomic E-state index is 13.1. The Balaban J connectivity index is 1.45. The monoisotopic (exact) mass is 512 g/mol. The molecule has 0 unspecified atom stereocenters. The molecule has 0 amide bonds. The molecular weight excluding hydrogens is 490 g/mol. The minimum Gasteiger partial charge on any atom is -0.458 e. The number of carbonyl (C=O) groups is 1. The molecule has 1 fully saturated rings. The fourth-order valence-electron chi connectivity index (χ4n) is 3.68. The highest BCUT2D eigenvalue weighted by Crippen LogP contribution is 2.28. The summed E-state index contributed by atoms with van der Waals surface area (Å²) in [5.41, 5.74) is 0.175. The van der Waals surface area contributed by atoms with E-state index in [1.165, 1.54) is 48.6 Å². The predicted molar refractivity (Wildman–Crippen MR) is 116 cm³/mol. The van der Waals surface area contributed by atoms with Gasteiger partial charge in [0.2, 0.25) is 5.78 Å². The quantitative estimate of drug-likeness (QED) is 0.337. The van der Waals surface area contributed by atoms with Crippen molar-refractivity contribution in [3.8, 4) is 0 Å². The van der Waals surface area contributed by atoms with E-state index in [9.17, 15) is 27.1 Å². The summed E-state index contributed by atoms with van der Waals surface area (Å²) in [7, 11) is -2.79. The lowest BCUT2D eigenvalue weighted by atomic mass is 10.1. The summed E-state index contributed by atoms with van der Waals surface area (Å²) < 4.78 is 62.1. The van der Waals surface area contributed by atoms with Crippen LogP contribution in [0, 0.1) is 0 Å². The van der Waals surface area contributed by atoms with E-state index in [-0.39, 0.29) is 42.2 Å². The van der Waals surface area contributed by atoms with Gasteiger partial charge in [-0.05, 0) is 31.0 Å². The van der Waals surface area contributed by atoms with Crippen molar-refractivity contribution in [1.29, 1.82) is 0 Å². The van der Waals surface area contributed by atoms with Crippen LogP contribution in [0.5, 0.6) is 0 Å². The fraction of sp³-hybridized carbons (Fsp3) is 0.400. The second-order valence-corrected chi connectivity index (χ2v) is 9.30. The summed E-state index contributed by atoms with van der Waals surface area (Å²) in [6, 6.07) is 3.62. The van der Waals surface area contributed by atoms with Crippen molar-refractivity contribution < 1.29 is 35.7 Å². The first-order chi connectivity index (χ1) is 16.6. The van der Waals surface area contributed by atoms with E-state index in [1.807, 2.05) is 4.72 Å². The number of hydrogen-bond acceptors (Lipinski definition) is 10. The molecule has 0 aliphatic heterocycles. The minimum atomic E-state index is -3.99. The van der Waals surface area contributed by atoms with Crippen molar-refractivity contribution in [1.82, 2.24) is 24.5 Å². The molecule has 15 heteroatoms. The topological polar surface area (TPSA) is 161 Å². The van der Waals surface area contributed by atoms with E-state index < -0.39 is 46.5 Å². The molecule has 35 heavy (non-hydrogen) atoms. The van der Waals surface area contributed by atoms with E-state index >= 15 is 0 Å². The number of nitrogens with one attached hydrogen (secondary N) is 2. The number of furan rings is 1. The number of carbonyl (C=O) groups excluding carboxylic acids is 1. The number of nitrogens with zero attached hydrogens (tertiary/aromatic N) is 4. The zero-order chi connectivity index (χ0) is 25.2. The SMILES string of the molecule is CNS(=O)(=O)O[C@@H]1C[C@H](Nc2ncncc2C(=O)c2ccn(Cc3ccc(C(F)F)o3)n2)C[C@@H]1O. The van der Waals surface area contributed by atoms with Gasteiger partial charge in [0.05, 0.1) is 18.2 Å². The van der Waals surface area contributed by atoms with Crippen molar-refractivity contribution in [3.05, 3.63) is 59.7 Å². The van der Waals surface area contributed by atoms with Crippen molar-refractivity contribution in [2.75, 3.05) is 12.4 Å². The maximum Gasteiger partial charge on any atom is 0.335 e. The molecular formula is C20H22F2N6O6S. The van der Waals surface area contributed by atoms with Crippen LogP contribution in [0.15, 0.2) is 41.3 Å². The first kappa shape index (κ1) is 24.8. The number of ketones is 1. The fourth-order valence-corrected chi connectivity index (χ4v) is 4.31. The molecule has 1 aliphatic rings. The Hall–Kier alpha value is -3.27. The van der Waals surface area contributed by atoms with Gasteiger partial charge in [-0.15, -0.1) is 0 Å². The lowest BCUT2D eigenvalue weighted by molar-refractivity contribution is 0.0636. The largest absolute Gasteiger partial charge is 0.458 e. The van der Waals surface area contributed by atoms with Crippen LogP contribution in [0.25, 0.3) is 0 Å². The number of alkyl halides is 2. The molecule has 0 radical (unpaired) electrons. The van der Waals surface area contributed by atoms with Crippen LogP contribution in [-0.2, 0) is 21.0 Å². The number of aromatic nitrogens is 4. The standard InChI is InChI=1S/C20H22F2N6O6S/c1-23-35(31,32)34-17-7-11(6-15(17)29)26-20-13(8-24-10-25-20)18(30)14-4-5-28(27-14)9-12-2-3-16(33-12)19(21)22/h2-5,8,10-11,15,17,19,23,29H,6-7,9H2,1H3,(H,24,25,26)/t11-,15+,17-/m1/s1. The highest BCUT2D eigenvalue weighted by atomic mass is 32.2. The molecule has 3 atom stereocenters. The van der Waals surface area contributed by atoms with Gasteiger partial charge in [0.15, 0.2) is 5.76 Å². The van der Waals surface area contributed by atoms with Crippen LogP contribution < -0.4 is 10.0 Å². The van der Waals surface area contributed by atoms with Gasteiger partial charge in [-0.3, -0.25) is 13.7 Å². The van der Waals surface area contributed by atoms with Gasteiger partial charge in [0, 0.05) is 25.5 Å². The van der Waals surface area contributed by atoms with Gasteiger partial charge in [0.25, 0.3) is 6.43 Å². The van der Waals surface area contributed by atoms with E-state index in [1.54, 1.807) is 0 Å². The Morgan fingerprint density at radius 1 is 1.34 bits per heavy atom.